The summed E-state index contributed by atoms with van der Waals surface area (Å²) in [5.41, 5.74) is 2.78. The lowest BCUT2D eigenvalue weighted by molar-refractivity contribution is -0.121. The Labute approximate surface area is 160 Å². The minimum Gasteiger partial charge on any atom is -0.493 e. The van der Waals surface area contributed by atoms with Crippen LogP contribution >= 0.6 is 0 Å². The number of nitrogens with one attached hydrogen (secondary N) is 1. The number of carbonyl (C=O) groups excluding carboxylic acids is 2. The van der Waals surface area contributed by atoms with Crippen molar-refractivity contribution in [3.05, 3.63) is 59.2 Å². The third-order valence-electron chi connectivity index (χ3n) is 4.33. The molecular formula is C22H27NO4. The van der Waals surface area contributed by atoms with Gasteiger partial charge in [-0.2, -0.15) is 0 Å². The Morgan fingerprint density at radius 3 is 2.19 bits per heavy atom. The van der Waals surface area contributed by atoms with Gasteiger partial charge in [-0.05, 0) is 29.7 Å². The Bertz CT molecular complexity index is 768. The molecule has 2 aromatic rings. The van der Waals surface area contributed by atoms with Crippen LogP contribution in [0.1, 0.15) is 47.7 Å². The molecule has 1 N–H and O–H groups in total. The molecule has 5 nitrogen and oxygen atoms in total. The van der Waals surface area contributed by atoms with E-state index >= 15 is 0 Å². The van der Waals surface area contributed by atoms with Crippen molar-refractivity contribution < 1.29 is 19.1 Å². The van der Waals surface area contributed by atoms with Crippen LogP contribution in [0, 0.1) is 0 Å². The number of methoxy groups -OCH3 is 2. The van der Waals surface area contributed by atoms with Gasteiger partial charge in [0, 0.05) is 24.9 Å². The van der Waals surface area contributed by atoms with Gasteiger partial charge in [0.25, 0.3) is 0 Å². The number of hydrogen-bond acceptors (Lipinski definition) is 4. The zero-order valence-corrected chi connectivity index (χ0v) is 16.2. The first kappa shape index (κ1) is 20.5. The number of carbonyl (C=O) groups is 2. The van der Waals surface area contributed by atoms with Crippen molar-refractivity contribution >= 4 is 11.7 Å². The van der Waals surface area contributed by atoms with Crippen molar-refractivity contribution in [1.82, 2.24) is 5.32 Å². The van der Waals surface area contributed by atoms with E-state index in [0.29, 0.717) is 23.6 Å². The second-order valence-electron chi connectivity index (χ2n) is 6.34. The number of ketones is 1. The first-order valence-electron chi connectivity index (χ1n) is 9.17. The lowest BCUT2D eigenvalue weighted by Crippen LogP contribution is -2.23. The van der Waals surface area contributed by atoms with Crippen LogP contribution in [0.3, 0.4) is 0 Å². The monoisotopic (exact) mass is 369 g/mol. The third kappa shape index (κ3) is 6.13. The van der Waals surface area contributed by atoms with E-state index in [1.807, 2.05) is 36.4 Å². The highest BCUT2D eigenvalue weighted by molar-refractivity contribution is 5.97. The van der Waals surface area contributed by atoms with Crippen molar-refractivity contribution in [1.29, 1.82) is 0 Å². The maximum atomic E-state index is 12.2. The summed E-state index contributed by atoms with van der Waals surface area (Å²) in [6, 6.07) is 13.1. The molecule has 0 aliphatic carbocycles. The number of hydrogen-bond donors (Lipinski definition) is 1. The van der Waals surface area contributed by atoms with E-state index in [4.69, 9.17) is 9.47 Å². The van der Waals surface area contributed by atoms with Gasteiger partial charge in [-0.1, -0.05) is 43.7 Å². The van der Waals surface area contributed by atoms with Crippen molar-refractivity contribution in [2.24, 2.45) is 0 Å². The molecule has 0 aliphatic heterocycles. The van der Waals surface area contributed by atoms with Gasteiger partial charge in [0.2, 0.25) is 5.91 Å². The molecule has 144 valence electrons. The molecule has 0 radical (unpaired) electrons. The minimum absolute atomic E-state index is 0.0145. The normalized spacial score (nSPS) is 10.3. The van der Waals surface area contributed by atoms with E-state index in [1.165, 1.54) is 5.56 Å². The molecule has 0 saturated carbocycles. The number of Topliss-reactive ketones (excluding diaryl/α,β-unsaturated/α-hetero) is 1. The average Bonchev–Trinajstić information content (AvgIpc) is 2.71. The van der Waals surface area contributed by atoms with Gasteiger partial charge in [0.15, 0.2) is 17.3 Å². The fraction of sp³-hybridized carbons (Fsp3) is 0.364. The number of aryl methyl sites for hydroxylation is 1. The molecule has 5 heteroatoms. The number of rotatable bonds is 10. The molecule has 0 saturated heterocycles. The van der Waals surface area contributed by atoms with E-state index in [1.54, 1.807) is 20.3 Å². The Hall–Kier alpha value is -2.82. The van der Waals surface area contributed by atoms with Gasteiger partial charge in [0.1, 0.15) is 0 Å². The van der Waals surface area contributed by atoms with E-state index in [0.717, 1.165) is 18.4 Å². The molecule has 0 spiro atoms. The fourth-order valence-corrected chi connectivity index (χ4v) is 2.80. The van der Waals surface area contributed by atoms with Gasteiger partial charge >= 0.3 is 0 Å². The summed E-state index contributed by atoms with van der Waals surface area (Å²) in [4.78, 5) is 24.3. The van der Waals surface area contributed by atoms with Crippen LogP contribution in [-0.2, 0) is 17.8 Å². The van der Waals surface area contributed by atoms with Gasteiger partial charge in [0.05, 0.1) is 14.2 Å². The maximum absolute atomic E-state index is 12.2. The predicted molar refractivity (Wildman–Crippen MR) is 105 cm³/mol. The van der Waals surface area contributed by atoms with Gasteiger partial charge in [-0.25, -0.2) is 0 Å². The second-order valence-corrected chi connectivity index (χ2v) is 6.34. The molecule has 2 rings (SSSR count). The van der Waals surface area contributed by atoms with Crippen LogP contribution < -0.4 is 14.8 Å². The van der Waals surface area contributed by atoms with Crippen LogP contribution in [-0.4, -0.2) is 25.9 Å². The van der Waals surface area contributed by atoms with E-state index in [9.17, 15) is 9.59 Å². The molecule has 0 aromatic heterocycles. The standard InChI is InChI=1S/C22H27NO4/c1-4-5-16-6-9-18(10-7-16)19(24)11-13-22(25)23-15-17-8-12-20(26-2)21(14-17)27-3/h6-10,12,14H,4-5,11,13,15H2,1-3H3,(H,23,25). The summed E-state index contributed by atoms with van der Waals surface area (Å²) in [7, 11) is 3.15. The number of ether oxygens (including phenoxy) is 2. The van der Waals surface area contributed by atoms with Crippen LogP contribution in [0.15, 0.2) is 42.5 Å². The number of amides is 1. The molecular weight excluding hydrogens is 342 g/mol. The molecule has 27 heavy (non-hydrogen) atoms. The molecule has 0 aliphatic rings. The van der Waals surface area contributed by atoms with Crippen molar-refractivity contribution in [2.75, 3.05) is 14.2 Å². The van der Waals surface area contributed by atoms with Crippen molar-refractivity contribution in [3.63, 3.8) is 0 Å². The maximum Gasteiger partial charge on any atom is 0.220 e. The summed E-state index contributed by atoms with van der Waals surface area (Å²) in [6.45, 7) is 2.50. The average molecular weight is 369 g/mol. The summed E-state index contributed by atoms with van der Waals surface area (Å²) in [5.74, 6) is 1.09. The Morgan fingerprint density at radius 2 is 1.56 bits per heavy atom. The Kier molecular flexibility index (Phi) is 7.86. The zero-order chi connectivity index (χ0) is 19.6. The van der Waals surface area contributed by atoms with Gasteiger partial charge in [-0.3, -0.25) is 9.59 Å². The lowest BCUT2D eigenvalue weighted by Gasteiger charge is -2.10. The van der Waals surface area contributed by atoms with E-state index in [-0.39, 0.29) is 24.5 Å². The summed E-state index contributed by atoms with van der Waals surface area (Å²) in [6.07, 6.45) is 2.45. The molecule has 0 atom stereocenters. The van der Waals surface area contributed by atoms with Crippen LogP contribution in [0.4, 0.5) is 0 Å². The predicted octanol–water partition coefficient (Wildman–Crippen LogP) is 3.94. The molecule has 0 unspecified atom stereocenters. The summed E-state index contributed by atoms with van der Waals surface area (Å²) in [5, 5.41) is 2.83. The molecule has 0 heterocycles. The topological polar surface area (TPSA) is 64.6 Å². The smallest absolute Gasteiger partial charge is 0.220 e. The SMILES string of the molecule is CCCc1ccc(C(=O)CCC(=O)NCc2ccc(OC)c(OC)c2)cc1. The highest BCUT2D eigenvalue weighted by Crippen LogP contribution is 2.27. The fourth-order valence-electron chi connectivity index (χ4n) is 2.80. The summed E-state index contributed by atoms with van der Waals surface area (Å²) < 4.78 is 10.4. The third-order valence-corrected chi connectivity index (χ3v) is 4.33. The van der Waals surface area contributed by atoms with Gasteiger partial charge < -0.3 is 14.8 Å². The quantitative estimate of drug-likeness (QED) is 0.645. The summed E-state index contributed by atoms with van der Waals surface area (Å²) >= 11 is 0. The second kappa shape index (κ2) is 10.4. The molecule has 1 amide bonds. The Balaban J connectivity index is 1.81. The highest BCUT2D eigenvalue weighted by atomic mass is 16.5. The largest absolute Gasteiger partial charge is 0.493 e. The Morgan fingerprint density at radius 1 is 0.889 bits per heavy atom. The lowest BCUT2D eigenvalue weighted by atomic mass is 10.0. The van der Waals surface area contributed by atoms with Crippen molar-refractivity contribution in [3.8, 4) is 11.5 Å². The van der Waals surface area contributed by atoms with E-state index in [2.05, 4.69) is 12.2 Å². The number of benzene rings is 2. The van der Waals surface area contributed by atoms with Gasteiger partial charge in [-0.15, -0.1) is 0 Å². The first-order chi connectivity index (χ1) is 13.1. The first-order valence-corrected chi connectivity index (χ1v) is 9.17. The van der Waals surface area contributed by atoms with Crippen molar-refractivity contribution in [2.45, 2.75) is 39.2 Å². The molecule has 0 fully saturated rings. The van der Waals surface area contributed by atoms with Crippen LogP contribution in [0.25, 0.3) is 0 Å². The zero-order valence-electron chi connectivity index (χ0n) is 16.2. The van der Waals surface area contributed by atoms with Crippen LogP contribution in [0.2, 0.25) is 0 Å². The van der Waals surface area contributed by atoms with E-state index < -0.39 is 0 Å². The van der Waals surface area contributed by atoms with Crippen LogP contribution in [0.5, 0.6) is 11.5 Å². The molecule has 2 aromatic carbocycles. The highest BCUT2D eigenvalue weighted by Gasteiger charge is 2.10. The minimum atomic E-state index is -0.152. The molecule has 0 bridgehead atoms.